The molecule has 4 aromatic rings. The summed E-state index contributed by atoms with van der Waals surface area (Å²) in [6, 6.07) is 26.6. The third-order valence-electron chi connectivity index (χ3n) is 4.29. The van der Waals surface area contributed by atoms with E-state index in [1.807, 2.05) is 30.3 Å². The maximum Gasteiger partial charge on any atom is 0.291 e. The van der Waals surface area contributed by atoms with Gasteiger partial charge in [-0.05, 0) is 60.7 Å². The second-order valence-electron chi connectivity index (χ2n) is 6.47. The number of amides is 1. The zero-order valence-corrected chi connectivity index (χ0v) is 17.0. The van der Waals surface area contributed by atoms with Crippen LogP contribution in [0.4, 0.5) is 17.1 Å². The smallest absolute Gasteiger partial charge is 0.291 e. The van der Waals surface area contributed by atoms with Crippen LogP contribution in [0.25, 0.3) is 0 Å². The van der Waals surface area contributed by atoms with Gasteiger partial charge in [-0.25, -0.2) is 8.42 Å². The van der Waals surface area contributed by atoms with Crippen LogP contribution in [0.2, 0.25) is 0 Å². The highest BCUT2D eigenvalue weighted by atomic mass is 32.2. The van der Waals surface area contributed by atoms with E-state index in [0.29, 0.717) is 11.4 Å². The van der Waals surface area contributed by atoms with Crippen molar-refractivity contribution in [2.75, 3.05) is 5.32 Å². The number of nitrogens with one attached hydrogen (secondary N) is 1. The van der Waals surface area contributed by atoms with Gasteiger partial charge in [-0.15, -0.1) is 0 Å². The van der Waals surface area contributed by atoms with Gasteiger partial charge in [-0.1, -0.05) is 36.4 Å². The van der Waals surface area contributed by atoms with Crippen LogP contribution in [0.15, 0.2) is 122 Å². The Morgan fingerprint density at radius 3 is 1.94 bits per heavy atom. The van der Waals surface area contributed by atoms with E-state index in [1.54, 1.807) is 42.5 Å². The quantitative estimate of drug-likeness (QED) is 0.391. The summed E-state index contributed by atoms with van der Waals surface area (Å²) >= 11 is 0. The average Bonchev–Trinajstić information content (AvgIpc) is 3.31. The molecule has 0 saturated heterocycles. The number of hydrogen-bond acceptors (Lipinski definition) is 6. The third kappa shape index (κ3) is 4.76. The number of benzene rings is 3. The van der Waals surface area contributed by atoms with Gasteiger partial charge in [0, 0.05) is 5.69 Å². The van der Waals surface area contributed by atoms with Crippen molar-refractivity contribution >= 4 is 32.8 Å². The monoisotopic (exact) mass is 431 g/mol. The highest BCUT2D eigenvalue weighted by Gasteiger charge is 2.23. The summed E-state index contributed by atoms with van der Waals surface area (Å²) in [6.07, 6.45) is 0. The molecule has 1 aromatic heterocycles. The Kier molecular flexibility index (Phi) is 5.72. The van der Waals surface area contributed by atoms with E-state index >= 15 is 0 Å². The molecule has 0 atom stereocenters. The number of azo groups is 1. The van der Waals surface area contributed by atoms with E-state index < -0.39 is 15.7 Å². The van der Waals surface area contributed by atoms with Gasteiger partial charge in [0.15, 0.2) is 5.76 Å². The fraction of sp³-hybridized carbons (Fsp3) is 0. The molecule has 0 spiro atoms. The number of nitrogens with zero attached hydrogens (tertiary/aromatic N) is 2. The number of hydrogen-bond donors (Lipinski definition) is 1. The van der Waals surface area contributed by atoms with Crippen LogP contribution in [-0.4, -0.2) is 14.3 Å². The predicted molar refractivity (Wildman–Crippen MR) is 116 cm³/mol. The molecule has 4 rings (SSSR count). The van der Waals surface area contributed by atoms with E-state index in [9.17, 15) is 13.2 Å². The van der Waals surface area contributed by atoms with Crippen molar-refractivity contribution in [3.63, 3.8) is 0 Å². The Labute approximate surface area is 179 Å². The van der Waals surface area contributed by atoms with Gasteiger partial charge in [-0.2, -0.15) is 10.2 Å². The zero-order chi connectivity index (χ0) is 21.7. The first-order valence-corrected chi connectivity index (χ1v) is 10.8. The zero-order valence-electron chi connectivity index (χ0n) is 16.2. The first-order chi connectivity index (χ1) is 15.0. The maximum absolute atomic E-state index is 12.6. The SMILES string of the molecule is O=C(Nc1ccc(N=Nc2ccccc2)cc1)c1ccc(S(=O)(=O)c2ccccc2)o1. The highest BCUT2D eigenvalue weighted by molar-refractivity contribution is 7.91. The minimum Gasteiger partial charge on any atom is -0.439 e. The number of rotatable bonds is 6. The Balaban J connectivity index is 1.44. The van der Waals surface area contributed by atoms with E-state index in [4.69, 9.17) is 4.42 Å². The van der Waals surface area contributed by atoms with Crippen LogP contribution in [0.5, 0.6) is 0 Å². The molecule has 3 aromatic carbocycles. The lowest BCUT2D eigenvalue weighted by atomic mass is 10.3. The summed E-state index contributed by atoms with van der Waals surface area (Å²) in [6.45, 7) is 0. The summed E-state index contributed by atoms with van der Waals surface area (Å²) in [5.74, 6) is -0.671. The second-order valence-corrected chi connectivity index (χ2v) is 8.35. The molecule has 0 aliphatic carbocycles. The van der Waals surface area contributed by atoms with Gasteiger partial charge >= 0.3 is 0 Å². The summed E-state index contributed by atoms with van der Waals surface area (Å²) in [5.41, 5.74) is 1.86. The average molecular weight is 431 g/mol. The minimum absolute atomic E-state index is 0.0940. The van der Waals surface area contributed by atoms with Crippen molar-refractivity contribution in [2.24, 2.45) is 10.2 Å². The Morgan fingerprint density at radius 1 is 0.710 bits per heavy atom. The normalized spacial score (nSPS) is 11.5. The molecule has 0 aliphatic rings. The molecular weight excluding hydrogens is 414 g/mol. The molecule has 1 heterocycles. The van der Waals surface area contributed by atoms with E-state index in [0.717, 1.165) is 5.69 Å². The summed E-state index contributed by atoms with van der Waals surface area (Å²) in [7, 11) is -3.83. The molecule has 0 saturated carbocycles. The van der Waals surface area contributed by atoms with Crippen molar-refractivity contribution in [1.29, 1.82) is 0 Å². The molecule has 0 aliphatic heterocycles. The van der Waals surface area contributed by atoms with Crippen molar-refractivity contribution < 1.29 is 17.6 Å². The minimum atomic E-state index is -3.83. The number of carbonyl (C=O) groups is 1. The largest absolute Gasteiger partial charge is 0.439 e. The van der Waals surface area contributed by atoms with Gasteiger partial charge < -0.3 is 9.73 Å². The first-order valence-electron chi connectivity index (χ1n) is 9.30. The molecular formula is C23H17N3O4S. The van der Waals surface area contributed by atoms with Crippen molar-refractivity contribution in [1.82, 2.24) is 0 Å². The predicted octanol–water partition coefficient (Wildman–Crippen LogP) is 5.78. The van der Waals surface area contributed by atoms with Crippen molar-refractivity contribution in [3.05, 3.63) is 103 Å². The molecule has 8 heteroatoms. The van der Waals surface area contributed by atoms with E-state index in [-0.39, 0.29) is 15.7 Å². The lowest BCUT2D eigenvalue weighted by Gasteiger charge is -2.04. The topological polar surface area (TPSA) is 101 Å². The van der Waals surface area contributed by atoms with Crippen LogP contribution < -0.4 is 5.32 Å². The molecule has 1 amide bonds. The van der Waals surface area contributed by atoms with E-state index in [1.165, 1.54) is 24.3 Å². The lowest BCUT2D eigenvalue weighted by molar-refractivity contribution is 0.0991. The number of sulfone groups is 1. The molecule has 0 unspecified atom stereocenters. The van der Waals surface area contributed by atoms with Crippen molar-refractivity contribution in [3.8, 4) is 0 Å². The molecule has 0 radical (unpaired) electrons. The van der Waals surface area contributed by atoms with Gasteiger partial charge in [0.05, 0.1) is 16.3 Å². The number of carbonyl (C=O) groups excluding carboxylic acids is 1. The van der Waals surface area contributed by atoms with Crippen LogP contribution in [0, 0.1) is 0 Å². The van der Waals surface area contributed by atoms with Gasteiger partial charge in [-0.3, -0.25) is 4.79 Å². The van der Waals surface area contributed by atoms with Gasteiger partial charge in [0.1, 0.15) is 0 Å². The van der Waals surface area contributed by atoms with Gasteiger partial charge in [0.2, 0.25) is 14.9 Å². The molecule has 0 bridgehead atoms. The lowest BCUT2D eigenvalue weighted by Crippen LogP contribution is -2.10. The Hall–Kier alpha value is -4.04. The summed E-state index contributed by atoms with van der Waals surface area (Å²) in [4.78, 5) is 12.5. The fourth-order valence-corrected chi connectivity index (χ4v) is 3.91. The summed E-state index contributed by atoms with van der Waals surface area (Å²) < 4.78 is 30.5. The Bertz CT molecular complexity index is 1310. The standard InChI is InChI=1S/C23H17N3O4S/c27-23(21-15-16-22(30-21)31(28,29)20-9-5-2-6-10-20)24-17-11-13-19(14-12-17)26-25-18-7-3-1-4-8-18/h1-16H,(H,24,27). The molecule has 31 heavy (non-hydrogen) atoms. The third-order valence-corrected chi connectivity index (χ3v) is 5.93. The molecule has 7 nitrogen and oxygen atoms in total. The van der Waals surface area contributed by atoms with E-state index in [2.05, 4.69) is 15.5 Å². The molecule has 0 fully saturated rings. The number of furan rings is 1. The molecule has 1 N–H and O–H groups in total. The first kappa shape index (κ1) is 20.2. The summed E-state index contributed by atoms with van der Waals surface area (Å²) in [5, 5.41) is 10.6. The highest BCUT2D eigenvalue weighted by Crippen LogP contribution is 2.24. The van der Waals surface area contributed by atoms with Crippen LogP contribution in [0.1, 0.15) is 10.6 Å². The molecule has 154 valence electrons. The van der Waals surface area contributed by atoms with Crippen LogP contribution >= 0.6 is 0 Å². The van der Waals surface area contributed by atoms with Crippen LogP contribution in [-0.2, 0) is 9.84 Å². The van der Waals surface area contributed by atoms with Gasteiger partial charge in [0.25, 0.3) is 5.91 Å². The Morgan fingerprint density at radius 2 is 1.29 bits per heavy atom. The van der Waals surface area contributed by atoms with Crippen molar-refractivity contribution in [2.45, 2.75) is 9.99 Å². The fourth-order valence-electron chi connectivity index (χ4n) is 2.72. The maximum atomic E-state index is 12.6. The second kappa shape index (κ2) is 8.76. The number of anilines is 1. The van der Waals surface area contributed by atoms with Crippen LogP contribution in [0.3, 0.4) is 0 Å².